The number of aliphatic hydroxyl groups is 1. The van der Waals surface area contributed by atoms with Gasteiger partial charge in [-0.2, -0.15) is 0 Å². The third kappa shape index (κ3) is 2.68. The second kappa shape index (κ2) is 6.65. The van der Waals surface area contributed by atoms with Gasteiger partial charge in [-0.05, 0) is 58.0 Å². The first-order valence-corrected chi connectivity index (χ1v) is 13.6. The van der Waals surface area contributed by atoms with E-state index in [1.165, 1.54) is 0 Å². The maximum Gasteiger partial charge on any atom is 0.265 e. The van der Waals surface area contributed by atoms with Crippen LogP contribution >= 0.6 is 0 Å². The topological polar surface area (TPSA) is 59.0 Å². The number of halogens is 1. The number of fused-ring (bicyclic) bond motifs is 1. The SMILES string of the molecule is COc1cc2c3c(c1)[C@@]1(O[C@H](CCO)[C@@H]([Si](C)(C)F)[C@@H]1C)C(=O)N3C(C)(C)C=C2C. The van der Waals surface area contributed by atoms with E-state index in [-0.39, 0.29) is 18.4 Å². The molecule has 3 heterocycles. The quantitative estimate of drug-likeness (QED) is 0.565. The van der Waals surface area contributed by atoms with Gasteiger partial charge >= 0.3 is 0 Å². The maximum atomic E-state index is 15.5. The first-order valence-electron chi connectivity index (χ1n) is 10.6. The average Bonchev–Trinajstić information content (AvgIpc) is 3.06. The monoisotopic (exact) mass is 433 g/mol. The Morgan fingerprint density at radius 1 is 1.33 bits per heavy atom. The van der Waals surface area contributed by atoms with E-state index in [4.69, 9.17) is 9.47 Å². The second-order valence-corrected chi connectivity index (χ2v) is 13.8. The number of hydrogen-bond acceptors (Lipinski definition) is 4. The normalized spacial score (nSPS) is 31.9. The van der Waals surface area contributed by atoms with E-state index in [0.29, 0.717) is 12.2 Å². The molecule has 0 bridgehead atoms. The molecule has 1 saturated heterocycles. The highest BCUT2D eigenvalue weighted by atomic mass is 28.4. The molecule has 4 rings (SSSR count). The van der Waals surface area contributed by atoms with Crippen molar-refractivity contribution in [1.82, 2.24) is 0 Å². The zero-order valence-corrected chi connectivity index (χ0v) is 19.9. The first kappa shape index (κ1) is 21.5. The number of allylic oxidation sites excluding steroid dienone is 1. The van der Waals surface area contributed by atoms with Gasteiger partial charge in [-0.3, -0.25) is 9.69 Å². The lowest BCUT2D eigenvalue weighted by atomic mass is 9.81. The van der Waals surface area contributed by atoms with Crippen molar-refractivity contribution >= 4 is 25.6 Å². The fourth-order valence-corrected chi connectivity index (χ4v) is 8.65. The molecule has 30 heavy (non-hydrogen) atoms. The summed E-state index contributed by atoms with van der Waals surface area (Å²) in [4.78, 5) is 15.9. The summed E-state index contributed by atoms with van der Waals surface area (Å²) >= 11 is 0. The number of anilines is 1. The van der Waals surface area contributed by atoms with E-state index >= 15 is 4.11 Å². The minimum Gasteiger partial charge on any atom is -0.497 e. The van der Waals surface area contributed by atoms with Gasteiger partial charge in [-0.15, -0.1) is 0 Å². The lowest BCUT2D eigenvalue weighted by molar-refractivity contribution is -0.147. The standard InChI is InChI=1S/C23H32FNO4Si/c1-13-12-22(3,4)25-19-16(13)10-15(28-5)11-17(19)23(21(25)27)14(2)20(30(6,7)24)18(29-23)8-9-26/h10-12,14,18,20,26H,8-9H2,1-7H3/t14-,18+,20-,23+/m0/s1. The average molecular weight is 434 g/mol. The molecule has 164 valence electrons. The zero-order chi connectivity index (χ0) is 22.2. The van der Waals surface area contributed by atoms with Crippen molar-refractivity contribution in [3.8, 4) is 5.75 Å². The molecule has 1 fully saturated rings. The molecule has 3 aliphatic heterocycles. The molecule has 1 aromatic rings. The Morgan fingerprint density at radius 3 is 2.57 bits per heavy atom. The Hall–Kier alpha value is -1.70. The molecule has 1 aromatic carbocycles. The highest BCUT2D eigenvalue weighted by Gasteiger charge is 2.68. The Kier molecular flexibility index (Phi) is 4.77. The summed E-state index contributed by atoms with van der Waals surface area (Å²) in [7, 11) is -1.58. The van der Waals surface area contributed by atoms with Gasteiger partial charge in [0.25, 0.3) is 5.91 Å². The number of nitrogens with zero attached hydrogens (tertiary/aromatic N) is 1. The molecule has 1 N–H and O–H groups in total. The molecule has 0 aliphatic carbocycles. The van der Waals surface area contributed by atoms with Crippen LogP contribution in [0.1, 0.15) is 45.2 Å². The number of aliphatic hydroxyl groups excluding tert-OH is 1. The van der Waals surface area contributed by atoms with Gasteiger partial charge in [0, 0.05) is 29.2 Å². The van der Waals surface area contributed by atoms with Gasteiger partial charge in [-0.25, -0.2) is 0 Å². The van der Waals surface area contributed by atoms with Crippen molar-refractivity contribution in [1.29, 1.82) is 0 Å². The summed E-state index contributed by atoms with van der Waals surface area (Å²) in [6.45, 7) is 11.2. The van der Waals surface area contributed by atoms with E-state index < -0.39 is 31.2 Å². The zero-order valence-electron chi connectivity index (χ0n) is 18.9. The lowest BCUT2D eigenvalue weighted by Crippen LogP contribution is -2.52. The number of amides is 1. The van der Waals surface area contributed by atoms with Crippen molar-refractivity contribution in [2.24, 2.45) is 5.92 Å². The van der Waals surface area contributed by atoms with Gasteiger partial charge in [0.1, 0.15) is 5.75 Å². The van der Waals surface area contributed by atoms with Crippen LogP contribution in [-0.4, -0.2) is 44.8 Å². The third-order valence-corrected chi connectivity index (χ3v) is 9.62. The molecule has 0 radical (unpaired) electrons. The Morgan fingerprint density at radius 2 is 2.00 bits per heavy atom. The van der Waals surface area contributed by atoms with E-state index in [1.54, 1.807) is 20.2 Å². The summed E-state index contributed by atoms with van der Waals surface area (Å²) in [5, 5.41) is 9.63. The molecule has 7 heteroatoms. The van der Waals surface area contributed by atoms with Crippen LogP contribution in [0.15, 0.2) is 18.2 Å². The number of ether oxygens (including phenoxy) is 2. The highest BCUT2D eigenvalue weighted by molar-refractivity contribution is 6.72. The van der Waals surface area contributed by atoms with Crippen LogP contribution in [0.3, 0.4) is 0 Å². The van der Waals surface area contributed by atoms with Crippen molar-refractivity contribution in [2.75, 3.05) is 18.6 Å². The summed E-state index contributed by atoms with van der Waals surface area (Å²) < 4.78 is 27.6. The van der Waals surface area contributed by atoms with E-state index in [9.17, 15) is 9.90 Å². The number of carbonyl (C=O) groups excluding carboxylic acids is 1. The van der Waals surface area contributed by atoms with Crippen LogP contribution in [0.25, 0.3) is 5.57 Å². The van der Waals surface area contributed by atoms with Crippen LogP contribution < -0.4 is 9.64 Å². The fourth-order valence-electron chi connectivity index (χ4n) is 6.11. The smallest absolute Gasteiger partial charge is 0.265 e. The maximum absolute atomic E-state index is 15.5. The highest BCUT2D eigenvalue weighted by Crippen LogP contribution is 2.63. The number of carbonyl (C=O) groups is 1. The van der Waals surface area contributed by atoms with Gasteiger partial charge in [-0.1, -0.05) is 13.0 Å². The Bertz CT molecular complexity index is 938. The van der Waals surface area contributed by atoms with E-state index in [1.807, 2.05) is 44.7 Å². The molecule has 1 spiro atoms. The number of hydrogen-bond donors (Lipinski definition) is 1. The number of rotatable bonds is 4. The fraction of sp³-hybridized carbons (Fsp3) is 0.609. The Labute approximate surface area is 179 Å². The van der Waals surface area contributed by atoms with Crippen LogP contribution in [0, 0.1) is 5.92 Å². The summed E-state index contributed by atoms with van der Waals surface area (Å²) in [6.07, 6.45) is 1.91. The van der Waals surface area contributed by atoms with Gasteiger partial charge in [0.15, 0.2) is 5.60 Å². The molecule has 3 aliphatic rings. The molecule has 0 aromatic heterocycles. The predicted molar refractivity (Wildman–Crippen MR) is 118 cm³/mol. The van der Waals surface area contributed by atoms with Crippen molar-refractivity contribution in [3.63, 3.8) is 0 Å². The lowest BCUT2D eigenvalue weighted by Gasteiger charge is -2.39. The first-order chi connectivity index (χ1) is 13.9. The number of methoxy groups -OCH3 is 1. The molecule has 0 unspecified atom stereocenters. The summed E-state index contributed by atoms with van der Waals surface area (Å²) in [5.74, 6) is 0.156. The van der Waals surface area contributed by atoms with Crippen LogP contribution in [0.5, 0.6) is 5.75 Å². The predicted octanol–water partition coefficient (Wildman–Crippen LogP) is 4.39. The van der Waals surface area contributed by atoms with E-state index in [2.05, 4.69) is 6.08 Å². The summed E-state index contributed by atoms with van der Waals surface area (Å²) in [5.41, 5.74) is 1.44. The van der Waals surface area contributed by atoms with Gasteiger partial charge in [0.2, 0.25) is 8.41 Å². The summed E-state index contributed by atoms with van der Waals surface area (Å²) in [6, 6.07) is 3.84. The minimum atomic E-state index is -3.18. The van der Waals surface area contributed by atoms with Gasteiger partial charge in [0.05, 0.1) is 24.4 Å². The van der Waals surface area contributed by atoms with Crippen molar-refractivity contribution < 1.29 is 23.5 Å². The molecular formula is C23H32FNO4Si. The third-order valence-electron chi connectivity index (χ3n) is 7.16. The van der Waals surface area contributed by atoms with Gasteiger partial charge < -0.3 is 18.7 Å². The van der Waals surface area contributed by atoms with E-state index in [0.717, 1.165) is 22.4 Å². The molecular weight excluding hydrogens is 401 g/mol. The van der Waals surface area contributed by atoms with Crippen LogP contribution in [0.4, 0.5) is 9.80 Å². The number of benzene rings is 1. The van der Waals surface area contributed by atoms with Crippen LogP contribution in [0.2, 0.25) is 18.6 Å². The molecule has 4 atom stereocenters. The van der Waals surface area contributed by atoms with Crippen LogP contribution in [-0.2, 0) is 15.1 Å². The molecule has 1 amide bonds. The second-order valence-electron chi connectivity index (χ2n) is 9.98. The largest absolute Gasteiger partial charge is 0.497 e. The van der Waals surface area contributed by atoms with Crippen molar-refractivity contribution in [2.45, 2.75) is 70.0 Å². The van der Waals surface area contributed by atoms with Crippen molar-refractivity contribution in [3.05, 3.63) is 29.3 Å². The molecule has 0 saturated carbocycles. The molecule has 5 nitrogen and oxygen atoms in total. The Balaban J connectivity index is 2.00. The minimum absolute atomic E-state index is 0.102.